The molecule has 2 nitrogen and oxygen atoms in total. The number of nitrogens with one attached hydrogen (secondary N) is 1. The summed E-state index contributed by atoms with van der Waals surface area (Å²) in [5.74, 6) is 0.103. The molecule has 0 spiro atoms. The summed E-state index contributed by atoms with van der Waals surface area (Å²) in [7, 11) is 0. The van der Waals surface area contributed by atoms with Crippen LogP contribution in [-0.4, -0.2) is 11.9 Å². The molecule has 1 amide bonds. The highest BCUT2D eigenvalue weighted by Gasteiger charge is 2.29. The minimum absolute atomic E-state index is 0.0329. The van der Waals surface area contributed by atoms with Crippen LogP contribution in [0.4, 0.5) is 4.39 Å². The highest BCUT2D eigenvalue weighted by Crippen LogP contribution is 2.30. The van der Waals surface area contributed by atoms with Gasteiger partial charge >= 0.3 is 0 Å². The van der Waals surface area contributed by atoms with Gasteiger partial charge in [-0.25, -0.2) is 4.39 Å². The Bertz CT molecular complexity index is 489. The summed E-state index contributed by atoms with van der Waals surface area (Å²) < 4.78 is 13.7. The number of amides is 1. The molecule has 1 aliphatic carbocycles. The molecule has 1 aromatic rings. The summed E-state index contributed by atoms with van der Waals surface area (Å²) in [4.78, 5) is 12.2. The average molecular weight is 298 g/mol. The monoisotopic (exact) mass is 297 g/mol. The molecule has 4 heteroatoms. The van der Waals surface area contributed by atoms with Gasteiger partial charge in [-0.1, -0.05) is 38.3 Å². The Hall–Kier alpha value is -1.09. The van der Waals surface area contributed by atoms with E-state index in [9.17, 15) is 9.18 Å². The maximum Gasteiger partial charge on any atom is 0.254 e. The fourth-order valence-corrected chi connectivity index (χ4v) is 3.23. The Labute approximate surface area is 124 Å². The number of halogens is 2. The van der Waals surface area contributed by atoms with E-state index in [4.69, 9.17) is 11.6 Å². The van der Waals surface area contributed by atoms with Crippen molar-refractivity contribution < 1.29 is 9.18 Å². The molecular formula is C16H21ClFNO. The van der Waals surface area contributed by atoms with Crippen LogP contribution in [0, 0.1) is 17.7 Å². The first-order chi connectivity index (χ1) is 9.49. The fourth-order valence-electron chi connectivity index (χ4n) is 3.05. The Morgan fingerprint density at radius 2 is 2.05 bits per heavy atom. The van der Waals surface area contributed by atoms with Gasteiger partial charge in [0.1, 0.15) is 5.82 Å². The molecule has 0 radical (unpaired) electrons. The van der Waals surface area contributed by atoms with Crippen LogP contribution in [0.2, 0.25) is 5.02 Å². The van der Waals surface area contributed by atoms with Gasteiger partial charge in [-0.05, 0) is 42.9 Å². The van der Waals surface area contributed by atoms with E-state index in [1.54, 1.807) is 0 Å². The quantitative estimate of drug-likeness (QED) is 0.879. The van der Waals surface area contributed by atoms with E-state index in [2.05, 4.69) is 19.2 Å². The maximum atomic E-state index is 13.7. The van der Waals surface area contributed by atoms with Crippen molar-refractivity contribution in [1.82, 2.24) is 5.32 Å². The van der Waals surface area contributed by atoms with Crippen molar-refractivity contribution >= 4 is 17.5 Å². The van der Waals surface area contributed by atoms with Crippen LogP contribution in [0.25, 0.3) is 0 Å². The highest BCUT2D eigenvalue weighted by atomic mass is 35.5. The first-order valence-electron chi connectivity index (χ1n) is 7.25. The number of benzene rings is 1. The summed E-state index contributed by atoms with van der Waals surface area (Å²) in [6, 6.07) is 4.21. The Kier molecular flexibility index (Phi) is 5.03. The van der Waals surface area contributed by atoms with Crippen LogP contribution in [-0.2, 0) is 0 Å². The molecular weight excluding hydrogens is 277 g/mol. The average Bonchev–Trinajstić information content (AvgIpc) is 2.41. The minimum Gasteiger partial charge on any atom is -0.349 e. The molecule has 1 aliphatic rings. The molecule has 2 rings (SSSR count). The van der Waals surface area contributed by atoms with Crippen molar-refractivity contribution in [2.45, 2.75) is 45.6 Å². The molecule has 1 fully saturated rings. The van der Waals surface area contributed by atoms with Crippen LogP contribution < -0.4 is 5.32 Å². The topological polar surface area (TPSA) is 29.1 Å². The Morgan fingerprint density at radius 3 is 2.75 bits per heavy atom. The van der Waals surface area contributed by atoms with E-state index in [0.717, 1.165) is 19.3 Å². The third kappa shape index (κ3) is 3.51. The van der Waals surface area contributed by atoms with Crippen molar-refractivity contribution in [3.63, 3.8) is 0 Å². The van der Waals surface area contributed by atoms with Crippen LogP contribution in [0.3, 0.4) is 0 Å². The molecule has 0 aliphatic heterocycles. The van der Waals surface area contributed by atoms with Crippen molar-refractivity contribution in [3.8, 4) is 0 Å². The third-order valence-corrected chi connectivity index (χ3v) is 4.40. The fraction of sp³-hybridized carbons (Fsp3) is 0.562. The molecule has 1 N–H and O–H groups in total. The smallest absolute Gasteiger partial charge is 0.254 e. The summed E-state index contributed by atoms with van der Waals surface area (Å²) in [6.45, 7) is 4.35. The van der Waals surface area contributed by atoms with E-state index < -0.39 is 5.82 Å². The third-order valence-electron chi connectivity index (χ3n) is 4.17. The van der Waals surface area contributed by atoms with Gasteiger partial charge in [0.2, 0.25) is 0 Å². The maximum absolute atomic E-state index is 13.7. The number of carbonyl (C=O) groups excluding carboxylic acids is 1. The van der Waals surface area contributed by atoms with E-state index in [-0.39, 0.29) is 17.5 Å². The van der Waals surface area contributed by atoms with Crippen LogP contribution in [0.1, 0.15) is 49.9 Å². The van der Waals surface area contributed by atoms with Gasteiger partial charge in [0.15, 0.2) is 0 Å². The van der Waals surface area contributed by atoms with Gasteiger partial charge in [0.05, 0.1) is 5.56 Å². The van der Waals surface area contributed by atoms with E-state index >= 15 is 0 Å². The van der Waals surface area contributed by atoms with Gasteiger partial charge in [0.25, 0.3) is 5.91 Å². The van der Waals surface area contributed by atoms with Crippen LogP contribution >= 0.6 is 11.6 Å². The minimum atomic E-state index is -0.524. The second kappa shape index (κ2) is 6.57. The van der Waals surface area contributed by atoms with Gasteiger partial charge in [-0.3, -0.25) is 4.79 Å². The predicted molar refractivity (Wildman–Crippen MR) is 79.5 cm³/mol. The summed E-state index contributed by atoms with van der Waals surface area (Å²) in [6.07, 6.45) is 4.42. The first kappa shape index (κ1) is 15.3. The first-order valence-corrected chi connectivity index (χ1v) is 7.62. The number of carbonyl (C=O) groups is 1. The van der Waals surface area contributed by atoms with Crippen molar-refractivity contribution in [3.05, 3.63) is 34.6 Å². The van der Waals surface area contributed by atoms with Crippen molar-refractivity contribution in [2.24, 2.45) is 11.8 Å². The Morgan fingerprint density at radius 1 is 1.35 bits per heavy atom. The van der Waals surface area contributed by atoms with Crippen LogP contribution in [0.5, 0.6) is 0 Å². The molecule has 0 saturated heterocycles. The van der Waals surface area contributed by atoms with Crippen LogP contribution in [0.15, 0.2) is 18.2 Å². The lowest BCUT2D eigenvalue weighted by atomic mass is 9.78. The zero-order valence-electron chi connectivity index (χ0n) is 12.0. The molecule has 0 aromatic heterocycles. The molecule has 2 unspecified atom stereocenters. The molecule has 1 aromatic carbocycles. The van der Waals surface area contributed by atoms with Gasteiger partial charge in [-0.2, -0.15) is 0 Å². The van der Waals surface area contributed by atoms with Gasteiger partial charge < -0.3 is 5.32 Å². The van der Waals surface area contributed by atoms with E-state index in [1.165, 1.54) is 24.6 Å². The molecule has 2 atom stereocenters. The normalized spacial score (nSPS) is 22.9. The van der Waals surface area contributed by atoms with Crippen molar-refractivity contribution in [1.29, 1.82) is 0 Å². The predicted octanol–water partition coefficient (Wildman–Crippen LogP) is 4.42. The van der Waals surface area contributed by atoms with Gasteiger partial charge in [0, 0.05) is 11.1 Å². The lowest BCUT2D eigenvalue weighted by Gasteiger charge is -2.34. The molecule has 20 heavy (non-hydrogen) atoms. The largest absolute Gasteiger partial charge is 0.349 e. The number of hydrogen-bond donors (Lipinski definition) is 1. The van der Waals surface area contributed by atoms with E-state index in [0.29, 0.717) is 16.9 Å². The van der Waals surface area contributed by atoms with E-state index in [1.807, 2.05) is 0 Å². The SMILES string of the molecule is CC(C)C1CCCCC1NC(=O)c1cc(Cl)ccc1F. The lowest BCUT2D eigenvalue weighted by Crippen LogP contribution is -2.44. The lowest BCUT2D eigenvalue weighted by molar-refractivity contribution is 0.0885. The zero-order chi connectivity index (χ0) is 14.7. The number of hydrogen-bond acceptors (Lipinski definition) is 1. The van der Waals surface area contributed by atoms with Gasteiger partial charge in [-0.15, -0.1) is 0 Å². The Balaban J connectivity index is 2.11. The summed E-state index contributed by atoms with van der Waals surface area (Å²) in [5, 5.41) is 3.37. The number of rotatable bonds is 3. The second-order valence-electron chi connectivity index (χ2n) is 5.90. The molecule has 0 bridgehead atoms. The second-order valence-corrected chi connectivity index (χ2v) is 6.33. The molecule has 0 heterocycles. The highest BCUT2D eigenvalue weighted by molar-refractivity contribution is 6.31. The summed E-state index contributed by atoms with van der Waals surface area (Å²) >= 11 is 5.84. The molecule has 110 valence electrons. The zero-order valence-corrected chi connectivity index (χ0v) is 12.7. The van der Waals surface area contributed by atoms with Crippen molar-refractivity contribution in [2.75, 3.05) is 0 Å². The summed E-state index contributed by atoms with van der Waals surface area (Å²) in [5.41, 5.74) is 0.0329. The standard InChI is InChI=1S/C16H21ClFNO/c1-10(2)12-5-3-4-6-15(12)19-16(20)13-9-11(17)7-8-14(13)18/h7-10,12,15H,3-6H2,1-2H3,(H,19,20). The molecule has 1 saturated carbocycles.